The lowest BCUT2D eigenvalue weighted by Crippen LogP contribution is -2.68. The SMILES string of the molecule is CNCC1C(O)C(O)CC2(C)C3C(=CC(=O)C12)C1(O)C2CSSCC(n4ccnc4)CC(C)(C)C(=C4CC5CCC6CCCC6(C4)C5)CC(O)C(C)C(C2)C1(CO)CC3CN=C(N)NC(C)O. The Balaban J connectivity index is 1.17. The van der Waals surface area contributed by atoms with Crippen LogP contribution in [0, 0.1) is 74.9 Å². The fourth-order valence-corrected chi connectivity index (χ4v) is 20.1. The maximum atomic E-state index is 15.0. The van der Waals surface area contributed by atoms with Crippen molar-refractivity contribution in [2.75, 3.05) is 38.2 Å². The summed E-state index contributed by atoms with van der Waals surface area (Å²) in [5.41, 5.74) is 6.41. The van der Waals surface area contributed by atoms with Gasteiger partial charge in [0.15, 0.2) is 11.7 Å². The minimum absolute atomic E-state index is 0.0660. The summed E-state index contributed by atoms with van der Waals surface area (Å²) in [7, 11) is 5.35. The molecule has 7 aliphatic carbocycles. The van der Waals surface area contributed by atoms with E-state index in [0.717, 1.165) is 30.9 Å². The van der Waals surface area contributed by atoms with Crippen LogP contribution in [-0.4, -0.2) is 120 Å². The van der Waals surface area contributed by atoms with Crippen LogP contribution in [0.2, 0.25) is 0 Å². The standard InChI is InChI=1S/C52H82N6O7S2/c1-29-38-15-35(25-66-67-26-36(58-13-12-55-28-58)21-48(3,4)39(16-41(29)61)32-14-31-9-10-34-8-7-11-50(34,18-31)19-32)52(65)40-17-42(62)45-37(24-54-6)46(64)43(63)22-49(45,5)44(40)33(20-51(38,52)27-59)23-56-47(53)57-30(2)60/h12-13,17,28-31,33-38,41,43-46,54,59-61,63-65H,7-11,14-16,18-27H2,1-6H3,(H3,53,56,57). The average Bonchev–Trinajstić information content (AvgIpc) is 4.01. The number of aromatic nitrogens is 2. The molecule has 0 radical (unpaired) electrons. The van der Waals surface area contributed by atoms with Gasteiger partial charge in [0.25, 0.3) is 0 Å². The van der Waals surface area contributed by atoms with E-state index < -0.39 is 58.7 Å². The Labute approximate surface area is 406 Å². The minimum Gasteiger partial charge on any atom is -0.396 e. The number of nitrogens with two attached hydrogens (primary N) is 1. The van der Waals surface area contributed by atoms with E-state index >= 15 is 0 Å². The van der Waals surface area contributed by atoms with Gasteiger partial charge in [-0.15, -0.1) is 0 Å². The normalized spacial score (nSPS) is 47.2. The van der Waals surface area contributed by atoms with Crippen LogP contribution in [0.5, 0.6) is 0 Å². The maximum absolute atomic E-state index is 15.0. The molecule has 18 unspecified atom stereocenters. The van der Waals surface area contributed by atoms with Crippen molar-refractivity contribution in [3.05, 3.63) is 41.5 Å². The zero-order valence-corrected chi connectivity index (χ0v) is 42.6. The van der Waals surface area contributed by atoms with Crippen molar-refractivity contribution < 1.29 is 35.4 Å². The highest BCUT2D eigenvalue weighted by atomic mass is 33.1. The lowest BCUT2D eigenvalue weighted by atomic mass is 9.41. The van der Waals surface area contributed by atoms with Crippen molar-refractivity contribution in [2.45, 2.75) is 154 Å². The first-order chi connectivity index (χ1) is 31.8. The van der Waals surface area contributed by atoms with Gasteiger partial charge in [-0.1, -0.05) is 66.8 Å². The predicted octanol–water partition coefficient (Wildman–Crippen LogP) is 5.62. The van der Waals surface area contributed by atoms with Crippen LogP contribution < -0.4 is 16.4 Å². The third kappa shape index (κ3) is 8.43. The van der Waals surface area contributed by atoms with Crippen molar-refractivity contribution >= 4 is 33.3 Å². The van der Waals surface area contributed by atoms with Crippen LogP contribution in [0.3, 0.4) is 0 Å². The van der Waals surface area contributed by atoms with Gasteiger partial charge in [0.2, 0.25) is 0 Å². The number of aliphatic hydroxyl groups is 6. The molecule has 67 heavy (non-hydrogen) atoms. The summed E-state index contributed by atoms with van der Waals surface area (Å²) in [5.74, 6) is -0.287. The van der Waals surface area contributed by atoms with Crippen molar-refractivity contribution in [3.63, 3.8) is 0 Å². The second-order valence-corrected chi connectivity index (χ2v) is 26.6. The topological polar surface area (TPSA) is 219 Å². The van der Waals surface area contributed by atoms with Gasteiger partial charge in [0, 0.05) is 66.2 Å². The molecule has 9 rings (SSSR count). The van der Waals surface area contributed by atoms with E-state index in [1.165, 1.54) is 44.1 Å². The summed E-state index contributed by atoms with van der Waals surface area (Å²) in [6, 6.07) is 0.143. The first-order valence-electron chi connectivity index (χ1n) is 25.8. The summed E-state index contributed by atoms with van der Waals surface area (Å²) >= 11 is 0. The van der Waals surface area contributed by atoms with E-state index in [-0.39, 0.29) is 66.4 Å². The molecule has 1 aliphatic heterocycles. The second-order valence-electron chi connectivity index (χ2n) is 24.1. The number of carbonyl (C=O) groups excluding carboxylic acids is 1. The zero-order valence-electron chi connectivity index (χ0n) is 40.9. The number of allylic oxidation sites excluding steroid dienone is 2. The molecule has 0 aromatic carbocycles. The number of rotatable bonds is 7. The summed E-state index contributed by atoms with van der Waals surface area (Å²) in [6.45, 7) is 10.7. The molecule has 6 saturated carbocycles. The minimum atomic E-state index is -1.63. The van der Waals surface area contributed by atoms with Crippen molar-refractivity contribution in [2.24, 2.45) is 85.6 Å². The quantitative estimate of drug-likeness (QED) is 0.0534. The lowest BCUT2D eigenvalue weighted by molar-refractivity contribution is -0.192. The van der Waals surface area contributed by atoms with Gasteiger partial charge in [-0.3, -0.25) is 9.79 Å². The number of hydrogen-bond acceptors (Lipinski definition) is 12. The first kappa shape index (κ1) is 50.0. The zero-order chi connectivity index (χ0) is 47.8. The highest BCUT2D eigenvalue weighted by Crippen LogP contribution is 2.72. The van der Waals surface area contributed by atoms with Crippen LogP contribution in [0.4, 0.5) is 0 Å². The van der Waals surface area contributed by atoms with Gasteiger partial charge >= 0.3 is 0 Å². The summed E-state index contributed by atoms with van der Waals surface area (Å²) in [5, 5.41) is 78.8. The summed E-state index contributed by atoms with van der Waals surface area (Å²) in [4.78, 5) is 24.3. The Morgan fingerprint density at radius 1 is 1.03 bits per heavy atom. The van der Waals surface area contributed by atoms with Gasteiger partial charge in [-0.2, -0.15) is 0 Å². The molecule has 1 saturated heterocycles. The highest BCUT2D eigenvalue weighted by molar-refractivity contribution is 8.76. The van der Waals surface area contributed by atoms with Gasteiger partial charge in [-0.25, -0.2) is 4.98 Å². The number of hydrogen-bond donors (Lipinski definition) is 9. The molecule has 8 aliphatic rings. The molecule has 10 N–H and O–H groups in total. The number of aliphatic imine (C=N–C) groups is 1. The van der Waals surface area contributed by atoms with Crippen molar-refractivity contribution in [3.8, 4) is 0 Å². The predicted molar refractivity (Wildman–Crippen MR) is 265 cm³/mol. The molecule has 1 aromatic heterocycles. The van der Waals surface area contributed by atoms with Crippen molar-refractivity contribution in [1.82, 2.24) is 20.2 Å². The van der Waals surface area contributed by atoms with Crippen LogP contribution in [0.1, 0.15) is 124 Å². The molecule has 374 valence electrons. The van der Waals surface area contributed by atoms with Crippen molar-refractivity contribution in [1.29, 1.82) is 0 Å². The average molecular weight is 967 g/mol. The molecule has 0 amide bonds. The van der Waals surface area contributed by atoms with Gasteiger partial charge in [0.05, 0.1) is 36.8 Å². The number of imidazole rings is 1. The molecule has 2 heterocycles. The van der Waals surface area contributed by atoms with E-state index in [1.807, 2.05) is 30.2 Å². The third-order valence-electron chi connectivity index (χ3n) is 20.0. The Kier molecular flexibility index (Phi) is 14.1. The van der Waals surface area contributed by atoms with Crippen LogP contribution in [0.25, 0.3) is 0 Å². The molecule has 7 fully saturated rings. The molecule has 18 atom stereocenters. The van der Waals surface area contributed by atoms with E-state index in [9.17, 15) is 35.4 Å². The number of nitrogens with one attached hydrogen (secondary N) is 2. The molecule has 4 bridgehead atoms. The first-order valence-corrected chi connectivity index (χ1v) is 28.3. The third-order valence-corrected chi connectivity index (χ3v) is 22.5. The molecule has 15 heteroatoms. The molecular formula is C52H82N6O7S2. The number of fused-ring (bicyclic) bond motifs is 10. The summed E-state index contributed by atoms with van der Waals surface area (Å²) < 4.78 is 2.25. The number of ketones is 1. The van der Waals surface area contributed by atoms with E-state index in [2.05, 4.69) is 47.2 Å². The number of aliphatic hydroxyl groups excluding tert-OH is 5. The highest BCUT2D eigenvalue weighted by Gasteiger charge is 2.74. The lowest BCUT2D eigenvalue weighted by Gasteiger charge is -2.64. The molecule has 1 aromatic rings. The number of carbonyl (C=O) groups is 1. The Morgan fingerprint density at radius 3 is 2.52 bits per heavy atom. The van der Waals surface area contributed by atoms with Gasteiger partial charge in [0.1, 0.15) is 6.23 Å². The Bertz CT molecular complexity index is 2070. The number of guanidine groups is 1. The van der Waals surface area contributed by atoms with Crippen LogP contribution in [0.15, 0.2) is 46.5 Å². The maximum Gasteiger partial charge on any atom is 0.190 e. The second kappa shape index (κ2) is 18.9. The summed E-state index contributed by atoms with van der Waals surface area (Å²) in [6.07, 6.45) is 16.3. The number of nitrogens with zero attached hydrogens (tertiary/aromatic N) is 3. The van der Waals surface area contributed by atoms with Gasteiger partial charge in [-0.05, 0) is 154 Å². The molecule has 1 spiro atoms. The molecular weight excluding hydrogens is 885 g/mol. The van der Waals surface area contributed by atoms with E-state index in [0.29, 0.717) is 48.5 Å². The molecule has 13 nitrogen and oxygen atoms in total. The van der Waals surface area contributed by atoms with E-state index in [1.54, 1.807) is 36.4 Å². The monoisotopic (exact) mass is 967 g/mol. The largest absolute Gasteiger partial charge is 0.396 e. The fourth-order valence-electron chi connectivity index (χ4n) is 17.4. The Hall–Kier alpha value is -1.95. The smallest absolute Gasteiger partial charge is 0.190 e. The van der Waals surface area contributed by atoms with Crippen LogP contribution in [-0.2, 0) is 4.79 Å². The Morgan fingerprint density at radius 2 is 1.81 bits per heavy atom. The van der Waals surface area contributed by atoms with Crippen LogP contribution >= 0.6 is 21.6 Å². The van der Waals surface area contributed by atoms with Gasteiger partial charge < -0.3 is 51.6 Å². The van der Waals surface area contributed by atoms with E-state index in [4.69, 9.17) is 10.7 Å². The fraction of sp³-hybridized carbons (Fsp3) is 0.827.